The highest BCUT2D eigenvalue weighted by atomic mass is 16.5. The summed E-state index contributed by atoms with van der Waals surface area (Å²) < 4.78 is 16.6. The lowest BCUT2D eigenvalue weighted by atomic mass is 9.88. The number of aromatic amines is 2. The van der Waals surface area contributed by atoms with Crippen LogP contribution in [0.15, 0.2) is 42.5 Å². The number of fused-ring (bicyclic) bond motifs is 2. The maximum atomic E-state index is 5.99. The van der Waals surface area contributed by atoms with E-state index in [1.54, 1.807) is 7.11 Å². The Bertz CT molecular complexity index is 1380. The van der Waals surface area contributed by atoms with E-state index >= 15 is 0 Å². The highest BCUT2D eigenvalue weighted by Gasteiger charge is 2.24. The third-order valence-electron chi connectivity index (χ3n) is 7.27. The predicted molar refractivity (Wildman–Crippen MR) is 142 cm³/mol. The number of aromatic nitrogens is 4. The first-order valence-corrected chi connectivity index (χ1v) is 12.8. The monoisotopic (exact) mass is 487 g/mol. The number of allylic oxidation sites excluding steroid dienone is 1. The van der Waals surface area contributed by atoms with Crippen LogP contribution in [0.25, 0.3) is 39.0 Å². The third kappa shape index (κ3) is 4.64. The van der Waals surface area contributed by atoms with Crippen LogP contribution >= 0.6 is 0 Å². The molecule has 3 heterocycles. The minimum absolute atomic E-state index is 0.233. The van der Waals surface area contributed by atoms with Gasteiger partial charge >= 0.3 is 0 Å². The van der Waals surface area contributed by atoms with E-state index in [2.05, 4.69) is 64.3 Å². The molecular formula is C28H33N5O3. The van der Waals surface area contributed by atoms with Crippen LogP contribution in [0.4, 0.5) is 5.69 Å². The topological polar surface area (TPSA) is 88.3 Å². The zero-order chi connectivity index (χ0) is 24.5. The van der Waals surface area contributed by atoms with Gasteiger partial charge in [-0.05, 0) is 54.8 Å². The van der Waals surface area contributed by atoms with Gasteiger partial charge in [-0.2, -0.15) is 0 Å². The van der Waals surface area contributed by atoms with Crippen molar-refractivity contribution < 1.29 is 14.2 Å². The molecule has 2 aromatic carbocycles. The molecule has 1 unspecified atom stereocenters. The maximum absolute atomic E-state index is 5.99. The van der Waals surface area contributed by atoms with Crippen molar-refractivity contribution >= 4 is 33.3 Å². The molecule has 1 fully saturated rings. The fraction of sp³-hybridized carbons (Fsp3) is 0.429. The van der Waals surface area contributed by atoms with E-state index in [4.69, 9.17) is 24.2 Å². The second-order valence-electron chi connectivity index (χ2n) is 9.70. The first-order valence-electron chi connectivity index (χ1n) is 12.8. The molecule has 0 spiro atoms. The van der Waals surface area contributed by atoms with E-state index in [-0.39, 0.29) is 6.10 Å². The Labute approximate surface area is 210 Å². The molecule has 8 nitrogen and oxygen atoms in total. The second-order valence-corrected chi connectivity index (χ2v) is 9.70. The Kier molecular flexibility index (Phi) is 6.48. The van der Waals surface area contributed by atoms with Crippen molar-refractivity contribution in [2.24, 2.45) is 5.92 Å². The standard InChI is InChI=1S/C28H33N5O3/c1-18-15-19(4-8-26(18)36-14-13-34-2)27-29-22-6-3-20(16-24(22)31-27)28-30-23-7-5-21(17-25(23)32-28)33-9-11-35-12-10-33/h3,5-7,15-18,26H,4,8-14H2,1-2H3,(H,29,31)(H,30,32)/t18-,26?/m1/s1. The average Bonchev–Trinajstić information content (AvgIpc) is 3.53. The summed E-state index contributed by atoms with van der Waals surface area (Å²) in [7, 11) is 1.70. The van der Waals surface area contributed by atoms with Crippen molar-refractivity contribution in [2.45, 2.75) is 25.9 Å². The molecule has 1 aliphatic carbocycles. The molecule has 2 aromatic heterocycles. The molecule has 36 heavy (non-hydrogen) atoms. The number of benzene rings is 2. The largest absolute Gasteiger partial charge is 0.382 e. The van der Waals surface area contributed by atoms with Crippen LogP contribution in [0, 0.1) is 5.92 Å². The van der Waals surface area contributed by atoms with Gasteiger partial charge in [-0.1, -0.05) is 13.0 Å². The first kappa shape index (κ1) is 23.2. The Morgan fingerprint density at radius 3 is 2.53 bits per heavy atom. The zero-order valence-corrected chi connectivity index (χ0v) is 20.9. The highest BCUT2D eigenvalue weighted by Crippen LogP contribution is 2.32. The summed E-state index contributed by atoms with van der Waals surface area (Å²) in [6.07, 6.45) is 4.47. The number of hydrogen-bond donors (Lipinski definition) is 2. The minimum atomic E-state index is 0.233. The SMILES string of the molecule is COCCOC1CCC(c2nc3ccc(-c4nc5ccc(N6CCOCC6)cc5[nH]4)cc3[nH]2)=C[C@H]1C. The lowest BCUT2D eigenvalue weighted by molar-refractivity contribution is -0.00513. The predicted octanol–water partition coefficient (Wildman–Crippen LogP) is 4.79. The summed E-state index contributed by atoms with van der Waals surface area (Å²) in [5.41, 5.74) is 7.50. The van der Waals surface area contributed by atoms with Crippen LogP contribution < -0.4 is 4.90 Å². The smallest absolute Gasteiger partial charge is 0.138 e. The van der Waals surface area contributed by atoms with Crippen molar-refractivity contribution in [3.63, 3.8) is 0 Å². The molecule has 188 valence electrons. The van der Waals surface area contributed by atoms with Gasteiger partial charge in [0.25, 0.3) is 0 Å². The van der Waals surface area contributed by atoms with Crippen LogP contribution in [0.3, 0.4) is 0 Å². The van der Waals surface area contributed by atoms with Crippen molar-refractivity contribution in [3.05, 3.63) is 48.3 Å². The zero-order valence-electron chi connectivity index (χ0n) is 20.9. The lowest BCUT2D eigenvalue weighted by Crippen LogP contribution is -2.36. The van der Waals surface area contributed by atoms with Crippen molar-refractivity contribution in [1.29, 1.82) is 0 Å². The Balaban J connectivity index is 1.23. The number of hydrogen-bond acceptors (Lipinski definition) is 6. The maximum Gasteiger partial charge on any atom is 0.138 e. The van der Waals surface area contributed by atoms with Crippen LogP contribution in [0.1, 0.15) is 25.6 Å². The van der Waals surface area contributed by atoms with E-state index in [0.717, 1.165) is 78.4 Å². The molecule has 1 saturated heterocycles. The molecule has 4 aromatic rings. The Morgan fingerprint density at radius 2 is 1.72 bits per heavy atom. The first-order chi connectivity index (χ1) is 17.7. The van der Waals surface area contributed by atoms with Crippen LogP contribution in [-0.4, -0.2) is 72.7 Å². The van der Waals surface area contributed by atoms with Crippen molar-refractivity contribution in [1.82, 2.24) is 19.9 Å². The molecule has 0 radical (unpaired) electrons. The fourth-order valence-corrected chi connectivity index (χ4v) is 5.25. The normalized spacial score (nSPS) is 20.8. The molecule has 0 saturated carbocycles. The van der Waals surface area contributed by atoms with Crippen LogP contribution in [0.2, 0.25) is 0 Å². The fourth-order valence-electron chi connectivity index (χ4n) is 5.25. The Hall–Kier alpha value is -3.20. The van der Waals surface area contributed by atoms with Gasteiger partial charge in [0.1, 0.15) is 11.6 Å². The van der Waals surface area contributed by atoms with E-state index in [0.29, 0.717) is 19.1 Å². The summed E-state index contributed by atoms with van der Waals surface area (Å²) in [4.78, 5) is 19.2. The molecule has 0 bridgehead atoms. The summed E-state index contributed by atoms with van der Waals surface area (Å²) in [6.45, 7) is 6.87. The molecule has 8 heteroatoms. The van der Waals surface area contributed by atoms with Gasteiger partial charge in [-0.25, -0.2) is 9.97 Å². The van der Waals surface area contributed by atoms with Gasteiger partial charge in [-0.3, -0.25) is 0 Å². The van der Waals surface area contributed by atoms with E-state index in [9.17, 15) is 0 Å². The third-order valence-corrected chi connectivity index (χ3v) is 7.27. The summed E-state index contributed by atoms with van der Waals surface area (Å²) in [5.74, 6) is 2.15. The number of H-pyrrole nitrogens is 2. The number of rotatable bonds is 7. The minimum Gasteiger partial charge on any atom is -0.382 e. The molecule has 1 aliphatic heterocycles. The summed E-state index contributed by atoms with van der Waals surface area (Å²) >= 11 is 0. The molecule has 6 rings (SSSR count). The van der Waals surface area contributed by atoms with Gasteiger partial charge in [0, 0.05) is 37.4 Å². The Morgan fingerprint density at radius 1 is 0.972 bits per heavy atom. The van der Waals surface area contributed by atoms with E-state index in [1.807, 2.05) is 0 Å². The van der Waals surface area contributed by atoms with Crippen molar-refractivity contribution in [3.8, 4) is 11.4 Å². The molecule has 0 amide bonds. The number of imidazole rings is 2. The number of nitrogens with zero attached hydrogens (tertiary/aromatic N) is 3. The average molecular weight is 488 g/mol. The van der Waals surface area contributed by atoms with Gasteiger partial charge in [-0.15, -0.1) is 0 Å². The van der Waals surface area contributed by atoms with Crippen LogP contribution in [0.5, 0.6) is 0 Å². The number of ether oxygens (including phenoxy) is 3. The molecule has 2 N–H and O–H groups in total. The molecule has 2 aliphatic rings. The number of anilines is 1. The van der Waals surface area contributed by atoms with Crippen molar-refractivity contribution in [2.75, 3.05) is 51.5 Å². The number of nitrogens with one attached hydrogen (secondary N) is 2. The second kappa shape index (κ2) is 10.0. The summed E-state index contributed by atoms with van der Waals surface area (Å²) in [6, 6.07) is 12.7. The van der Waals surface area contributed by atoms with E-state index in [1.165, 1.54) is 11.3 Å². The number of morpholine rings is 1. The van der Waals surface area contributed by atoms with Gasteiger partial charge in [0.05, 0.1) is 54.6 Å². The molecular weight excluding hydrogens is 454 g/mol. The van der Waals surface area contributed by atoms with Gasteiger partial charge < -0.3 is 29.1 Å². The number of methoxy groups -OCH3 is 1. The van der Waals surface area contributed by atoms with Crippen LogP contribution in [-0.2, 0) is 14.2 Å². The van der Waals surface area contributed by atoms with E-state index < -0.39 is 0 Å². The van der Waals surface area contributed by atoms with Gasteiger partial charge in [0.15, 0.2) is 0 Å². The van der Waals surface area contributed by atoms with Gasteiger partial charge in [0.2, 0.25) is 0 Å². The highest BCUT2D eigenvalue weighted by molar-refractivity contribution is 5.86. The summed E-state index contributed by atoms with van der Waals surface area (Å²) in [5, 5.41) is 0. The lowest BCUT2D eigenvalue weighted by Gasteiger charge is -2.28. The molecule has 2 atom stereocenters. The quantitative estimate of drug-likeness (QED) is 0.365.